The van der Waals surface area contributed by atoms with Crippen LogP contribution in [0, 0.1) is 11.7 Å². The summed E-state index contributed by atoms with van der Waals surface area (Å²) in [5, 5.41) is 8.79. The molecule has 0 aromatic heterocycles. The highest BCUT2D eigenvalue weighted by atomic mass is 32.2. The molecule has 0 radical (unpaired) electrons. The van der Waals surface area contributed by atoms with Gasteiger partial charge in [-0.2, -0.15) is 0 Å². The molecule has 0 amide bonds. The van der Waals surface area contributed by atoms with Crippen molar-refractivity contribution >= 4 is 10.0 Å². The van der Waals surface area contributed by atoms with Crippen LogP contribution in [0.2, 0.25) is 0 Å². The molecule has 1 heterocycles. The van der Waals surface area contributed by atoms with Crippen LogP contribution in [-0.2, 0) is 16.6 Å². The molecular formula is C21H27FN2O4S. The van der Waals surface area contributed by atoms with Crippen LogP contribution in [0.25, 0.3) is 0 Å². The summed E-state index contributed by atoms with van der Waals surface area (Å²) in [6, 6.07) is 12.9. The van der Waals surface area contributed by atoms with Gasteiger partial charge in [0.15, 0.2) is 0 Å². The van der Waals surface area contributed by atoms with Crippen LogP contribution in [0.3, 0.4) is 0 Å². The summed E-state index contributed by atoms with van der Waals surface area (Å²) in [7, 11) is -3.69. The van der Waals surface area contributed by atoms with Crippen LogP contribution in [0.15, 0.2) is 53.4 Å². The Kier molecular flexibility index (Phi) is 7.60. The number of benzene rings is 2. The van der Waals surface area contributed by atoms with E-state index in [-0.39, 0.29) is 24.0 Å². The highest BCUT2D eigenvalue weighted by molar-refractivity contribution is 7.89. The molecule has 0 aliphatic carbocycles. The number of aliphatic hydroxyl groups excluding tert-OH is 1. The smallest absolute Gasteiger partial charge is 0.240 e. The van der Waals surface area contributed by atoms with Crippen LogP contribution in [0.4, 0.5) is 4.39 Å². The molecule has 0 spiro atoms. The number of rotatable bonds is 9. The van der Waals surface area contributed by atoms with Gasteiger partial charge in [0, 0.05) is 13.1 Å². The molecule has 2 aromatic rings. The lowest BCUT2D eigenvalue weighted by Crippen LogP contribution is -2.38. The second kappa shape index (κ2) is 10.2. The molecule has 1 saturated heterocycles. The van der Waals surface area contributed by atoms with E-state index in [0.717, 1.165) is 44.3 Å². The average molecular weight is 423 g/mol. The fourth-order valence-corrected chi connectivity index (χ4v) is 4.55. The quantitative estimate of drug-likeness (QED) is 0.649. The van der Waals surface area contributed by atoms with Crippen molar-refractivity contribution in [1.82, 2.24) is 9.62 Å². The van der Waals surface area contributed by atoms with Gasteiger partial charge in [0.25, 0.3) is 0 Å². The van der Waals surface area contributed by atoms with E-state index in [1.54, 1.807) is 0 Å². The first kappa shape index (κ1) is 21.7. The number of nitrogens with zero attached hydrogens (tertiary/aromatic N) is 1. The largest absolute Gasteiger partial charge is 0.491 e. The molecule has 158 valence electrons. The van der Waals surface area contributed by atoms with Crippen LogP contribution in [0.1, 0.15) is 18.4 Å². The fraction of sp³-hybridized carbons (Fsp3) is 0.429. The van der Waals surface area contributed by atoms with Crippen molar-refractivity contribution < 1.29 is 22.7 Å². The van der Waals surface area contributed by atoms with Gasteiger partial charge in [0.1, 0.15) is 18.2 Å². The fourth-order valence-electron chi connectivity index (χ4n) is 3.41. The monoisotopic (exact) mass is 422 g/mol. The second-order valence-electron chi connectivity index (χ2n) is 7.24. The molecule has 1 aliphatic rings. The average Bonchev–Trinajstić information content (AvgIpc) is 2.73. The number of likely N-dealkylation sites (tertiary alicyclic amines) is 1. The summed E-state index contributed by atoms with van der Waals surface area (Å²) in [5.41, 5.74) is 1.19. The third-order valence-corrected chi connectivity index (χ3v) is 6.49. The van der Waals surface area contributed by atoms with E-state index in [1.807, 2.05) is 24.3 Å². The van der Waals surface area contributed by atoms with Gasteiger partial charge < -0.3 is 9.84 Å². The number of hydrogen-bond acceptors (Lipinski definition) is 5. The molecule has 0 unspecified atom stereocenters. The van der Waals surface area contributed by atoms with E-state index in [9.17, 15) is 12.8 Å². The van der Waals surface area contributed by atoms with E-state index in [4.69, 9.17) is 9.84 Å². The molecule has 2 aromatic carbocycles. The van der Waals surface area contributed by atoms with Crippen molar-refractivity contribution in [2.24, 2.45) is 5.92 Å². The minimum atomic E-state index is -3.69. The summed E-state index contributed by atoms with van der Waals surface area (Å²) in [6.45, 7) is 3.28. The summed E-state index contributed by atoms with van der Waals surface area (Å²) in [6.07, 6.45) is 1.81. The predicted octanol–water partition coefficient (Wildman–Crippen LogP) is 2.39. The maximum atomic E-state index is 13.3. The lowest BCUT2D eigenvalue weighted by Gasteiger charge is -2.32. The SMILES string of the molecule is O=S(=O)(NCC1CCN(Cc2ccc(OCCO)cc2)CC1)c1cccc(F)c1. The predicted molar refractivity (Wildman–Crippen MR) is 109 cm³/mol. The number of hydrogen-bond donors (Lipinski definition) is 2. The number of piperidine rings is 1. The minimum absolute atomic E-state index is 0.00487. The Bertz CT molecular complexity index is 882. The molecule has 0 atom stereocenters. The maximum Gasteiger partial charge on any atom is 0.240 e. The van der Waals surface area contributed by atoms with Crippen molar-refractivity contribution in [2.45, 2.75) is 24.3 Å². The normalized spacial score (nSPS) is 16.1. The lowest BCUT2D eigenvalue weighted by molar-refractivity contribution is 0.178. The van der Waals surface area contributed by atoms with Crippen molar-refractivity contribution in [1.29, 1.82) is 0 Å². The molecule has 3 rings (SSSR count). The maximum absolute atomic E-state index is 13.3. The first-order chi connectivity index (χ1) is 14.0. The summed E-state index contributed by atoms with van der Waals surface area (Å²) < 4.78 is 45.9. The van der Waals surface area contributed by atoms with E-state index in [0.29, 0.717) is 6.54 Å². The van der Waals surface area contributed by atoms with Crippen molar-refractivity contribution in [3.05, 3.63) is 59.9 Å². The van der Waals surface area contributed by atoms with E-state index in [2.05, 4.69) is 9.62 Å². The van der Waals surface area contributed by atoms with Crippen LogP contribution >= 0.6 is 0 Å². The Labute approximate surface area is 171 Å². The number of aliphatic hydroxyl groups is 1. The molecule has 29 heavy (non-hydrogen) atoms. The second-order valence-corrected chi connectivity index (χ2v) is 9.01. The van der Waals surface area contributed by atoms with Crippen LogP contribution < -0.4 is 9.46 Å². The molecule has 0 bridgehead atoms. The van der Waals surface area contributed by atoms with Crippen molar-refractivity contribution in [2.75, 3.05) is 32.8 Å². The molecular weight excluding hydrogens is 395 g/mol. The van der Waals surface area contributed by atoms with Gasteiger partial charge in [-0.15, -0.1) is 0 Å². The Morgan fingerprint density at radius 3 is 2.52 bits per heavy atom. The van der Waals surface area contributed by atoms with Gasteiger partial charge >= 0.3 is 0 Å². The first-order valence-electron chi connectivity index (χ1n) is 9.76. The highest BCUT2D eigenvalue weighted by Gasteiger charge is 2.22. The Morgan fingerprint density at radius 2 is 1.86 bits per heavy atom. The third kappa shape index (κ3) is 6.50. The van der Waals surface area contributed by atoms with E-state index >= 15 is 0 Å². The molecule has 6 nitrogen and oxygen atoms in total. The first-order valence-corrected chi connectivity index (χ1v) is 11.2. The Morgan fingerprint density at radius 1 is 1.14 bits per heavy atom. The standard InChI is InChI=1S/C21H27FN2O4S/c22-19-2-1-3-21(14-19)29(26,27)23-15-17-8-10-24(11-9-17)16-18-4-6-20(7-5-18)28-13-12-25/h1-7,14,17,23,25H,8-13,15-16H2. The van der Waals surface area contributed by atoms with Gasteiger partial charge in [0.2, 0.25) is 10.0 Å². The van der Waals surface area contributed by atoms with Crippen molar-refractivity contribution in [3.8, 4) is 5.75 Å². The number of halogens is 1. The highest BCUT2D eigenvalue weighted by Crippen LogP contribution is 2.20. The molecule has 1 aliphatic heterocycles. The lowest BCUT2D eigenvalue weighted by atomic mass is 9.97. The third-order valence-electron chi connectivity index (χ3n) is 5.07. The zero-order valence-electron chi connectivity index (χ0n) is 16.3. The van der Waals surface area contributed by atoms with Gasteiger partial charge in [-0.3, -0.25) is 4.90 Å². The number of nitrogens with one attached hydrogen (secondary N) is 1. The number of ether oxygens (including phenoxy) is 1. The zero-order chi connectivity index (χ0) is 20.7. The van der Waals surface area contributed by atoms with Gasteiger partial charge in [-0.05, 0) is 67.7 Å². The minimum Gasteiger partial charge on any atom is -0.491 e. The topological polar surface area (TPSA) is 78.9 Å². The summed E-state index contributed by atoms with van der Waals surface area (Å²) in [4.78, 5) is 2.31. The Balaban J connectivity index is 1.43. The number of sulfonamides is 1. The van der Waals surface area contributed by atoms with E-state index in [1.165, 1.54) is 23.8 Å². The molecule has 2 N–H and O–H groups in total. The molecule has 8 heteroatoms. The summed E-state index contributed by atoms with van der Waals surface area (Å²) >= 11 is 0. The Hall–Kier alpha value is -2.00. The van der Waals surface area contributed by atoms with Gasteiger partial charge in [-0.25, -0.2) is 17.5 Å². The van der Waals surface area contributed by atoms with Crippen molar-refractivity contribution in [3.63, 3.8) is 0 Å². The van der Waals surface area contributed by atoms with Crippen LogP contribution in [-0.4, -0.2) is 51.3 Å². The van der Waals surface area contributed by atoms with Gasteiger partial charge in [0.05, 0.1) is 11.5 Å². The molecule has 1 fully saturated rings. The van der Waals surface area contributed by atoms with Gasteiger partial charge in [-0.1, -0.05) is 18.2 Å². The summed E-state index contributed by atoms with van der Waals surface area (Å²) in [5.74, 6) is 0.449. The molecule has 0 saturated carbocycles. The zero-order valence-corrected chi connectivity index (χ0v) is 17.1. The van der Waals surface area contributed by atoms with Crippen LogP contribution in [0.5, 0.6) is 5.75 Å². The van der Waals surface area contributed by atoms with E-state index < -0.39 is 15.8 Å².